The number of hydrogen-bond donors (Lipinski definition) is 1. The van der Waals surface area contributed by atoms with Gasteiger partial charge < -0.3 is 19.2 Å². The topological polar surface area (TPSA) is 60.7 Å². The highest BCUT2D eigenvalue weighted by molar-refractivity contribution is 5.99. The largest absolute Gasteiger partial charge is 0.497 e. The molecule has 0 unspecified atom stereocenters. The first-order valence-electron chi connectivity index (χ1n) is 8.16. The Bertz CT molecular complexity index is 964. The Balaban J connectivity index is 1.89. The summed E-state index contributed by atoms with van der Waals surface area (Å²) in [5.74, 6) is 0.720. The highest BCUT2D eigenvalue weighted by Crippen LogP contribution is 2.30. The van der Waals surface area contributed by atoms with E-state index in [2.05, 4.69) is 5.32 Å². The van der Waals surface area contributed by atoms with Gasteiger partial charge >= 0.3 is 0 Å². The van der Waals surface area contributed by atoms with Gasteiger partial charge in [-0.05, 0) is 50.2 Å². The number of furan rings is 1. The summed E-state index contributed by atoms with van der Waals surface area (Å²) in [6.45, 7) is 3.57. The molecule has 0 aliphatic carbocycles. The van der Waals surface area contributed by atoms with E-state index in [1.165, 1.54) is 18.2 Å². The molecule has 0 radical (unpaired) electrons. The van der Waals surface area contributed by atoms with E-state index in [-0.39, 0.29) is 23.5 Å². The van der Waals surface area contributed by atoms with E-state index < -0.39 is 0 Å². The van der Waals surface area contributed by atoms with Gasteiger partial charge in [0.1, 0.15) is 22.9 Å². The summed E-state index contributed by atoms with van der Waals surface area (Å²) < 4.78 is 29.7. The van der Waals surface area contributed by atoms with Gasteiger partial charge in [0.15, 0.2) is 5.76 Å². The second-order valence-corrected chi connectivity index (χ2v) is 6.00. The Morgan fingerprint density at radius 2 is 1.92 bits per heavy atom. The van der Waals surface area contributed by atoms with E-state index in [1.54, 1.807) is 33.3 Å². The Kier molecular flexibility index (Phi) is 4.84. The summed E-state index contributed by atoms with van der Waals surface area (Å²) in [5.41, 5.74) is 1.85. The van der Waals surface area contributed by atoms with Crippen LogP contribution in [0.1, 0.15) is 34.6 Å². The maximum Gasteiger partial charge on any atom is 0.287 e. The molecule has 26 heavy (non-hydrogen) atoms. The SMILES string of the molecule is COc1ccc(OC)c([C@H](C)NC(=O)c2oc3ccc(F)cc3c2C)c1. The van der Waals surface area contributed by atoms with E-state index in [9.17, 15) is 9.18 Å². The number of benzene rings is 2. The van der Waals surface area contributed by atoms with Gasteiger partial charge in [0.25, 0.3) is 5.91 Å². The summed E-state index contributed by atoms with van der Waals surface area (Å²) in [6, 6.07) is 9.21. The number of methoxy groups -OCH3 is 2. The zero-order valence-corrected chi connectivity index (χ0v) is 15.1. The van der Waals surface area contributed by atoms with Crippen LogP contribution in [-0.4, -0.2) is 20.1 Å². The first-order chi connectivity index (χ1) is 12.4. The zero-order valence-electron chi connectivity index (χ0n) is 15.1. The van der Waals surface area contributed by atoms with Crippen molar-refractivity contribution in [1.29, 1.82) is 0 Å². The molecule has 1 atom stereocenters. The van der Waals surface area contributed by atoms with Crippen LogP contribution in [0, 0.1) is 12.7 Å². The maximum absolute atomic E-state index is 13.4. The van der Waals surface area contributed by atoms with E-state index in [0.717, 1.165) is 5.56 Å². The highest BCUT2D eigenvalue weighted by Gasteiger charge is 2.21. The molecule has 6 heteroatoms. The molecule has 5 nitrogen and oxygen atoms in total. The minimum Gasteiger partial charge on any atom is -0.497 e. The Morgan fingerprint density at radius 1 is 1.15 bits per heavy atom. The third-order valence-corrected chi connectivity index (χ3v) is 4.36. The van der Waals surface area contributed by atoms with Crippen LogP contribution in [0.25, 0.3) is 11.0 Å². The minimum absolute atomic E-state index is 0.166. The second-order valence-electron chi connectivity index (χ2n) is 6.00. The number of ether oxygens (including phenoxy) is 2. The van der Waals surface area contributed by atoms with E-state index in [4.69, 9.17) is 13.9 Å². The Labute approximate surface area is 150 Å². The van der Waals surface area contributed by atoms with Gasteiger partial charge in [-0.1, -0.05) is 0 Å². The van der Waals surface area contributed by atoms with Crippen molar-refractivity contribution >= 4 is 16.9 Å². The molecule has 3 rings (SSSR count). The number of carbonyl (C=O) groups excluding carboxylic acids is 1. The Hall–Kier alpha value is -3.02. The maximum atomic E-state index is 13.4. The number of rotatable bonds is 5. The lowest BCUT2D eigenvalue weighted by Crippen LogP contribution is -2.27. The van der Waals surface area contributed by atoms with Crippen molar-refractivity contribution in [3.05, 3.63) is 59.1 Å². The summed E-state index contributed by atoms with van der Waals surface area (Å²) >= 11 is 0. The summed E-state index contributed by atoms with van der Waals surface area (Å²) in [6.07, 6.45) is 0. The van der Waals surface area contributed by atoms with Crippen molar-refractivity contribution < 1.29 is 23.1 Å². The highest BCUT2D eigenvalue weighted by atomic mass is 19.1. The number of hydrogen-bond acceptors (Lipinski definition) is 4. The van der Waals surface area contributed by atoms with Gasteiger partial charge in [0.05, 0.1) is 20.3 Å². The lowest BCUT2D eigenvalue weighted by atomic mass is 10.1. The van der Waals surface area contributed by atoms with Gasteiger partial charge in [0, 0.05) is 16.5 Å². The molecule has 1 heterocycles. The third-order valence-electron chi connectivity index (χ3n) is 4.36. The van der Waals surface area contributed by atoms with Crippen molar-refractivity contribution in [2.24, 2.45) is 0 Å². The first-order valence-corrected chi connectivity index (χ1v) is 8.16. The monoisotopic (exact) mass is 357 g/mol. The lowest BCUT2D eigenvalue weighted by molar-refractivity contribution is 0.0912. The molecule has 0 fully saturated rings. The normalized spacial score (nSPS) is 12.0. The molecule has 0 bridgehead atoms. The third kappa shape index (κ3) is 3.22. The fraction of sp³-hybridized carbons (Fsp3) is 0.250. The predicted molar refractivity (Wildman–Crippen MR) is 96.3 cm³/mol. The zero-order chi connectivity index (χ0) is 18.8. The molecule has 1 N–H and O–H groups in total. The number of carbonyl (C=O) groups is 1. The molecule has 0 aliphatic heterocycles. The van der Waals surface area contributed by atoms with Crippen LogP contribution < -0.4 is 14.8 Å². The smallest absolute Gasteiger partial charge is 0.287 e. The Morgan fingerprint density at radius 3 is 2.62 bits per heavy atom. The molecule has 0 aliphatic rings. The van der Waals surface area contributed by atoms with Gasteiger partial charge in [-0.15, -0.1) is 0 Å². The van der Waals surface area contributed by atoms with Crippen molar-refractivity contribution in [3.8, 4) is 11.5 Å². The van der Waals surface area contributed by atoms with Crippen molar-refractivity contribution in [2.45, 2.75) is 19.9 Å². The minimum atomic E-state index is -0.378. The van der Waals surface area contributed by atoms with Gasteiger partial charge in [-0.3, -0.25) is 4.79 Å². The van der Waals surface area contributed by atoms with E-state index in [0.29, 0.717) is 28.0 Å². The molecule has 136 valence electrons. The van der Waals surface area contributed by atoms with Crippen LogP contribution in [-0.2, 0) is 0 Å². The first kappa shape index (κ1) is 17.8. The molecule has 1 amide bonds. The van der Waals surface area contributed by atoms with Gasteiger partial charge in [-0.2, -0.15) is 0 Å². The summed E-state index contributed by atoms with van der Waals surface area (Å²) in [7, 11) is 3.14. The number of halogens is 1. The molecule has 2 aromatic carbocycles. The molecule has 0 spiro atoms. The molecule has 1 aromatic heterocycles. The quantitative estimate of drug-likeness (QED) is 0.736. The fourth-order valence-corrected chi connectivity index (χ4v) is 2.93. The number of nitrogens with one attached hydrogen (secondary N) is 1. The van der Waals surface area contributed by atoms with Crippen molar-refractivity contribution in [3.63, 3.8) is 0 Å². The van der Waals surface area contributed by atoms with Crippen molar-refractivity contribution in [1.82, 2.24) is 5.32 Å². The van der Waals surface area contributed by atoms with E-state index >= 15 is 0 Å². The molecule has 3 aromatic rings. The predicted octanol–water partition coefficient (Wildman–Crippen LogP) is 4.39. The summed E-state index contributed by atoms with van der Waals surface area (Å²) in [5, 5.41) is 3.48. The summed E-state index contributed by atoms with van der Waals surface area (Å²) in [4.78, 5) is 12.7. The van der Waals surface area contributed by atoms with E-state index in [1.807, 2.05) is 13.0 Å². The lowest BCUT2D eigenvalue weighted by Gasteiger charge is -2.18. The molecular formula is C20H20FNO4. The standard InChI is InChI=1S/C20H20FNO4/c1-11-15-9-13(21)5-7-18(15)26-19(11)20(23)22-12(2)16-10-14(24-3)6-8-17(16)25-4/h5-10,12H,1-4H3,(H,22,23)/t12-/m0/s1. The van der Waals surface area contributed by atoms with Crippen molar-refractivity contribution in [2.75, 3.05) is 14.2 Å². The van der Waals surface area contributed by atoms with Gasteiger partial charge in [-0.25, -0.2) is 4.39 Å². The number of aryl methyl sites for hydroxylation is 1. The van der Waals surface area contributed by atoms with Crippen LogP contribution in [0.3, 0.4) is 0 Å². The average molecular weight is 357 g/mol. The van der Waals surface area contributed by atoms with Crippen LogP contribution >= 0.6 is 0 Å². The van der Waals surface area contributed by atoms with Gasteiger partial charge in [0.2, 0.25) is 0 Å². The number of fused-ring (bicyclic) bond motifs is 1. The average Bonchev–Trinajstić information content (AvgIpc) is 2.97. The van der Waals surface area contributed by atoms with Crippen LogP contribution in [0.5, 0.6) is 11.5 Å². The van der Waals surface area contributed by atoms with Crippen LogP contribution in [0.2, 0.25) is 0 Å². The molecule has 0 saturated carbocycles. The molecule has 0 saturated heterocycles. The van der Waals surface area contributed by atoms with Crippen LogP contribution in [0.4, 0.5) is 4.39 Å². The molecular weight excluding hydrogens is 337 g/mol. The number of amides is 1. The van der Waals surface area contributed by atoms with Crippen LogP contribution in [0.15, 0.2) is 40.8 Å². The second kappa shape index (κ2) is 7.07. The fourth-order valence-electron chi connectivity index (χ4n) is 2.93.